The fourth-order valence-corrected chi connectivity index (χ4v) is 2.27. The lowest BCUT2D eigenvalue weighted by Gasteiger charge is -2.16. The van der Waals surface area contributed by atoms with Crippen molar-refractivity contribution in [2.24, 2.45) is 0 Å². The molecule has 5 heteroatoms. The summed E-state index contributed by atoms with van der Waals surface area (Å²) < 4.78 is 0. The van der Waals surface area contributed by atoms with Gasteiger partial charge in [0.05, 0.1) is 24.4 Å². The number of β-amino-alcohol motifs (C(OH)–C–C–N with tert-alkyl or cyclic N) is 2. The van der Waals surface area contributed by atoms with Crippen LogP contribution in [0.2, 0.25) is 0 Å². The minimum absolute atomic E-state index is 0.0212. The van der Waals surface area contributed by atoms with Crippen molar-refractivity contribution in [3.63, 3.8) is 0 Å². The molecule has 1 aromatic carbocycles. The van der Waals surface area contributed by atoms with E-state index < -0.39 is 12.2 Å². The van der Waals surface area contributed by atoms with Gasteiger partial charge in [0.1, 0.15) is 0 Å². The zero-order valence-corrected chi connectivity index (χ0v) is 11.9. The average Bonchev–Trinajstić information content (AvgIpc) is 2.78. The van der Waals surface area contributed by atoms with Crippen LogP contribution in [0.1, 0.15) is 27.9 Å². The molecular formula is C16H19NO4. The third kappa shape index (κ3) is 3.61. The van der Waals surface area contributed by atoms with Crippen LogP contribution < -0.4 is 0 Å². The number of carbonyl (C=O) groups excluding carboxylic acids is 1. The standard InChI is InChI=1S/C16H19NO4/c1-11-5-6-13(12(8-11)4-2-3-7-18)16(21)17-9-14(19)15(20)10-17/h5-6,8,14-15,18-20H,3,7,9-10H2,1H3. The second-order valence-electron chi connectivity index (χ2n) is 5.17. The van der Waals surface area contributed by atoms with Crippen molar-refractivity contribution in [2.75, 3.05) is 19.7 Å². The molecule has 2 rings (SSSR count). The molecule has 112 valence electrons. The monoisotopic (exact) mass is 289 g/mol. The van der Waals surface area contributed by atoms with E-state index in [4.69, 9.17) is 5.11 Å². The second kappa shape index (κ2) is 6.72. The van der Waals surface area contributed by atoms with Gasteiger partial charge in [0.15, 0.2) is 0 Å². The smallest absolute Gasteiger partial charge is 0.255 e. The Morgan fingerprint density at radius 1 is 1.33 bits per heavy atom. The maximum Gasteiger partial charge on any atom is 0.255 e. The van der Waals surface area contributed by atoms with Gasteiger partial charge in [-0.15, -0.1) is 0 Å². The van der Waals surface area contributed by atoms with Crippen molar-refractivity contribution >= 4 is 5.91 Å². The Morgan fingerprint density at radius 2 is 2.00 bits per heavy atom. The summed E-state index contributed by atoms with van der Waals surface area (Å²) in [4.78, 5) is 13.9. The van der Waals surface area contributed by atoms with Gasteiger partial charge in [0.25, 0.3) is 5.91 Å². The van der Waals surface area contributed by atoms with E-state index in [1.54, 1.807) is 6.07 Å². The van der Waals surface area contributed by atoms with Gasteiger partial charge >= 0.3 is 0 Å². The van der Waals surface area contributed by atoms with Crippen molar-refractivity contribution in [3.05, 3.63) is 34.9 Å². The Bertz CT molecular complexity index is 578. The van der Waals surface area contributed by atoms with Crippen molar-refractivity contribution in [1.29, 1.82) is 0 Å². The number of amides is 1. The number of aliphatic hydroxyl groups is 3. The number of hydrogen-bond acceptors (Lipinski definition) is 4. The fourth-order valence-electron chi connectivity index (χ4n) is 2.27. The Kier molecular flexibility index (Phi) is 4.97. The number of rotatable bonds is 2. The van der Waals surface area contributed by atoms with Gasteiger partial charge in [-0.2, -0.15) is 0 Å². The fraction of sp³-hybridized carbons (Fsp3) is 0.438. The van der Waals surface area contributed by atoms with Gasteiger partial charge in [-0.1, -0.05) is 17.9 Å². The number of aryl methyl sites for hydroxylation is 1. The summed E-state index contributed by atoms with van der Waals surface area (Å²) >= 11 is 0. The van der Waals surface area contributed by atoms with E-state index in [1.807, 2.05) is 19.1 Å². The first-order chi connectivity index (χ1) is 10.0. The summed E-state index contributed by atoms with van der Waals surface area (Å²) in [5.74, 6) is 5.46. The summed E-state index contributed by atoms with van der Waals surface area (Å²) in [7, 11) is 0. The Hall–Kier alpha value is -1.87. The van der Waals surface area contributed by atoms with Crippen LogP contribution >= 0.6 is 0 Å². The molecule has 21 heavy (non-hydrogen) atoms. The Balaban J connectivity index is 2.27. The highest BCUT2D eigenvalue weighted by atomic mass is 16.3. The molecule has 0 spiro atoms. The molecule has 0 radical (unpaired) electrons. The molecule has 1 aliphatic heterocycles. The zero-order chi connectivity index (χ0) is 15.4. The lowest BCUT2D eigenvalue weighted by Crippen LogP contribution is -2.30. The van der Waals surface area contributed by atoms with E-state index in [0.717, 1.165) is 5.56 Å². The number of carbonyl (C=O) groups is 1. The van der Waals surface area contributed by atoms with Crippen LogP contribution in [0.4, 0.5) is 0 Å². The topological polar surface area (TPSA) is 81.0 Å². The van der Waals surface area contributed by atoms with E-state index >= 15 is 0 Å². The first kappa shape index (κ1) is 15.5. The van der Waals surface area contributed by atoms with E-state index in [2.05, 4.69) is 11.8 Å². The largest absolute Gasteiger partial charge is 0.395 e. The molecule has 0 aliphatic carbocycles. The van der Waals surface area contributed by atoms with Crippen LogP contribution in [0.5, 0.6) is 0 Å². The summed E-state index contributed by atoms with van der Waals surface area (Å²) in [6, 6.07) is 5.35. The Morgan fingerprint density at radius 3 is 2.62 bits per heavy atom. The molecule has 2 unspecified atom stereocenters. The molecule has 1 fully saturated rings. The normalized spacial score (nSPS) is 21.0. The highest BCUT2D eigenvalue weighted by molar-refractivity contribution is 5.97. The maximum absolute atomic E-state index is 12.5. The predicted molar refractivity (Wildman–Crippen MR) is 77.7 cm³/mol. The predicted octanol–water partition coefficient (Wildman–Crippen LogP) is -0.0935. The molecule has 1 aromatic rings. The lowest BCUT2D eigenvalue weighted by atomic mass is 10.0. The number of hydrogen-bond donors (Lipinski definition) is 3. The number of nitrogens with zero attached hydrogens (tertiary/aromatic N) is 1. The molecule has 0 saturated carbocycles. The van der Waals surface area contributed by atoms with Crippen molar-refractivity contribution in [3.8, 4) is 11.8 Å². The number of benzene rings is 1. The van der Waals surface area contributed by atoms with Crippen LogP contribution in [0.15, 0.2) is 18.2 Å². The molecule has 1 amide bonds. The van der Waals surface area contributed by atoms with Crippen LogP contribution in [-0.4, -0.2) is 58.0 Å². The molecule has 1 saturated heterocycles. The van der Waals surface area contributed by atoms with E-state index in [-0.39, 0.29) is 25.6 Å². The van der Waals surface area contributed by atoms with Gasteiger partial charge in [0.2, 0.25) is 0 Å². The van der Waals surface area contributed by atoms with E-state index in [1.165, 1.54) is 4.90 Å². The Labute approximate surface area is 123 Å². The number of aliphatic hydroxyl groups excluding tert-OH is 3. The van der Waals surface area contributed by atoms with Gasteiger partial charge in [0, 0.05) is 25.1 Å². The van der Waals surface area contributed by atoms with E-state index in [9.17, 15) is 15.0 Å². The molecule has 0 bridgehead atoms. The lowest BCUT2D eigenvalue weighted by molar-refractivity contribution is 0.0572. The molecule has 1 aliphatic rings. The molecule has 3 N–H and O–H groups in total. The average molecular weight is 289 g/mol. The first-order valence-electron chi connectivity index (χ1n) is 6.88. The molecule has 1 heterocycles. The van der Waals surface area contributed by atoms with Crippen LogP contribution in [0.3, 0.4) is 0 Å². The van der Waals surface area contributed by atoms with Gasteiger partial charge in [-0.05, 0) is 24.6 Å². The van der Waals surface area contributed by atoms with Crippen LogP contribution in [0.25, 0.3) is 0 Å². The summed E-state index contributed by atoms with van der Waals surface area (Å²) in [5, 5.41) is 27.9. The minimum Gasteiger partial charge on any atom is -0.395 e. The second-order valence-corrected chi connectivity index (χ2v) is 5.17. The summed E-state index contributed by atoms with van der Waals surface area (Å²) in [6.45, 7) is 2.14. The van der Waals surface area contributed by atoms with Gasteiger partial charge in [-0.3, -0.25) is 4.79 Å². The third-order valence-corrected chi connectivity index (χ3v) is 3.41. The highest BCUT2D eigenvalue weighted by Gasteiger charge is 2.33. The number of likely N-dealkylation sites (tertiary alicyclic amines) is 1. The van der Waals surface area contributed by atoms with Crippen molar-refractivity contribution in [1.82, 2.24) is 4.90 Å². The van der Waals surface area contributed by atoms with Crippen LogP contribution in [-0.2, 0) is 0 Å². The molecule has 5 nitrogen and oxygen atoms in total. The molecule has 0 aromatic heterocycles. The van der Waals surface area contributed by atoms with Crippen molar-refractivity contribution in [2.45, 2.75) is 25.6 Å². The SMILES string of the molecule is Cc1ccc(C(=O)N2CC(O)C(O)C2)c(C#CCCO)c1. The van der Waals surface area contributed by atoms with Crippen LogP contribution in [0, 0.1) is 18.8 Å². The minimum atomic E-state index is -0.900. The third-order valence-electron chi connectivity index (χ3n) is 3.41. The summed E-state index contributed by atoms with van der Waals surface area (Å²) in [6.07, 6.45) is -1.45. The quantitative estimate of drug-likeness (QED) is 0.665. The van der Waals surface area contributed by atoms with Gasteiger partial charge < -0.3 is 20.2 Å². The molecular weight excluding hydrogens is 270 g/mol. The highest BCUT2D eigenvalue weighted by Crippen LogP contribution is 2.18. The first-order valence-corrected chi connectivity index (χ1v) is 6.88. The van der Waals surface area contributed by atoms with E-state index in [0.29, 0.717) is 17.5 Å². The maximum atomic E-state index is 12.5. The molecule has 2 atom stereocenters. The zero-order valence-electron chi connectivity index (χ0n) is 11.9. The van der Waals surface area contributed by atoms with Crippen molar-refractivity contribution < 1.29 is 20.1 Å². The van der Waals surface area contributed by atoms with Gasteiger partial charge in [-0.25, -0.2) is 0 Å². The summed E-state index contributed by atoms with van der Waals surface area (Å²) in [5.41, 5.74) is 2.04.